The van der Waals surface area contributed by atoms with Crippen LogP contribution < -0.4 is 0 Å². The fourth-order valence-electron chi connectivity index (χ4n) is 3.94. The molecule has 48 heavy (non-hydrogen) atoms. The van der Waals surface area contributed by atoms with Crippen LogP contribution in [0, 0.1) is 10.8 Å². The molecule has 0 radical (unpaired) electrons. The van der Waals surface area contributed by atoms with Gasteiger partial charge in [0.2, 0.25) is 6.10 Å². The first-order valence-corrected chi connectivity index (χ1v) is 15.8. The van der Waals surface area contributed by atoms with Gasteiger partial charge in [0.05, 0.1) is 24.0 Å². The third kappa shape index (κ3) is 15.6. The van der Waals surface area contributed by atoms with E-state index in [-0.39, 0.29) is 68.4 Å². The Morgan fingerprint density at radius 3 is 1.54 bits per heavy atom. The molecule has 0 bridgehead atoms. The van der Waals surface area contributed by atoms with Gasteiger partial charge >= 0.3 is 23.9 Å². The number of amides is 2. The molecule has 16 heteroatoms. The standard InChI is InChI=1S/C16H25NO7.C9H10O4.C7H13BrO3/c1-15(2,13(20)23-9-8-22-5)10-16(3,4)14(21)24-17-11(18)6-7-12(17)19;1-5(2)9(12)13-8-6(10)3-4-7(8)11;1-7(2,8)6(9)11-5-4-10-3/h6-10H2,1-5H3;8H,1,3-4H2,2H3;4-5H2,1-3H3. The number of alkyl halides is 1. The maximum Gasteiger partial charge on any atom is 0.338 e. The average Bonchev–Trinajstić information content (AvgIpc) is 3.47. The van der Waals surface area contributed by atoms with Crippen molar-refractivity contribution in [2.75, 3.05) is 40.6 Å². The number of ether oxygens (including phenoxy) is 5. The van der Waals surface area contributed by atoms with Crippen molar-refractivity contribution in [3.63, 3.8) is 0 Å². The molecule has 1 aliphatic carbocycles. The Hall–Kier alpha value is -3.50. The predicted octanol–water partition coefficient (Wildman–Crippen LogP) is 2.98. The van der Waals surface area contributed by atoms with E-state index in [2.05, 4.69) is 27.2 Å². The van der Waals surface area contributed by atoms with Crippen molar-refractivity contribution in [2.24, 2.45) is 10.8 Å². The number of Topliss-reactive ketones (excluding diaryl/α,β-unsaturated/α-hetero) is 2. The molecule has 1 saturated carbocycles. The minimum Gasteiger partial charge on any atom is -0.463 e. The number of methoxy groups -OCH3 is 2. The third-order valence-corrected chi connectivity index (χ3v) is 6.80. The van der Waals surface area contributed by atoms with E-state index < -0.39 is 51.0 Å². The van der Waals surface area contributed by atoms with Gasteiger partial charge in [-0.25, -0.2) is 9.59 Å². The van der Waals surface area contributed by atoms with Gasteiger partial charge in [-0.2, -0.15) is 0 Å². The van der Waals surface area contributed by atoms with Gasteiger partial charge in [-0.05, 0) is 54.9 Å². The van der Waals surface area contributed by atoms with Crippen LogP contribution in [0.2, 0.25) is 0 Å². The zero-order chi connectivity index (χ0) is 37.5. The van der Waals surface area contributed by atoms with E-state index in [9.17, 15) is 38.4 Å². The topological polar surface area (TPSA) is 195 Å². The number of hydrogen-bond acceptors (Lipinski definition) is 14. The second kappa shape index (κ2) is 20.1. The smallest absolute Gasteiger partial charge is 0.338 e. The SMILES string of the molecule is C=C(C)C(=O)OC1C(=O)CCC1=O.COCCOC(=O)C(C)(C)Br.COCCOC(=O)C(C)(C)CC(C)(C)C(=O)ON1C(=O)CCC1=O. The first-order valence-electron chi connectivity index (χ1n) is 15.0. The number of halogens is 1. The van der Waals surface area contributed by atoms with Gasteiger partial charge in [0.1, 0.15) is 17.5 Å². The quantitative estimate of drug-likeness (QED) is 0.0478. The summed E-state index contributed by atoms with van der Waals surface area (Å²) in [6.07, 6.45) is -0.640. The average molecular weight is 751 g/mol. The second-order valence-corrected chi connectivity index (χ2v) is 14.6. The first-order chi connectivity index (χ1) is 22.0. The molecular formula is C32H48BrNO14. The molecule has 0 aromatic heterocycles. The molecule has 1 heterocycles. The molecule has 2 amide bonds. The van der Waals surface area contributed by atoms with Gasteiger partial charge in [0, 0.05) is 45.5 Å². The Morgan fingerprint density at radius 2 is 1.15 bits per heavy atom. The molecule has 0 atom stereocenters. The van der Waals surface area contributed by atoms with Gasteiger partial charge in [-0.1, -0.05) is 22.5 Å². The van der Waals surface area contributed by atoms with Crippen LogP contribution in [0.5, 0.6) is 0 Å². The molecule has 0 N–H and O–H groups in total. The Kier molecular flexibility index (Phi) is 18.6. The Labute approximate surface area is 289 Å². The van der Waals surface area contributed by atoms with Crippen LogP contribution in [0.1, 0.15) is 80.6 Å². The molecule has 0 unspecified atom stereocenters. The van der Waals surface area contributed by atoms with E-state index in [0.717, 1.165) is 0 Å². The normalized spacial score (nSPS) is 15.2. The van der Waals surface area contributed by atoms with Crippen molar-refractivity contribution in [1.82, 2.24) is 5.06 Å². The summed E-state index contributed by atoms with van der Waals surface area (Å²) < 4.78 is 23.5. The maximum absolute atomic E-state index is 12.3. The summed E-state index contributed by atoms with van der Waals surface area (Å²) in [7, 11) is 3.06. The van der Waals surface area contributed by atoms with E-state index in [4.69, 9.17) is 23.8 Å². The summed E-state index contributed by atoms with van der Waals surface area (Å²) in [5.74, 6) is -3.88. The van der Waals surface area contributed by atoms with Crippen LogP contribution in [0.4, 0.5) is 0 Å². The maximum atomic E-state index is 12.3. The number of hydrogen-bond donors (Lipinski definition) is 0. The van der Waals surface area contributed by atoms with Crippen LogP contribution in [-0.4, -0.2) is 103 Å². The van der Waals surface area contributed by atoms with Crippen LogP contribution >= 0.6 is 15.9 Å². The number of esters is 3. The Morgan fingerprint density at radius 1 is 0.729 bits per heavy atom. The molecule has 0 spiro atoms. The Balaban J connectivity index is 0.000000772. The predicted molar refractivity (Wildman–Crippen MR) is 172 cm³/mol. The number of carbonyl (C=O) groups excluding carboxylic acids is 8. The molecule has 2 aliphatic rings. The summed E-state index contributed by atoms with van der Waals surface area (Å²) in [5, 5.41) is 0.508. The van der Waals surface area contributed by atoms with E-state index in [1.165, 1.54) is 14.0 Å². The third-order valence-electron chi connectivity index (χ3n) is 6.47. The zero-order valence-electron chi connectivity index (χ0n) is 29.2. The molecule has 2 fully saturated rings. The minimum absolute atomic E-state index is 0.0316. The molecule has 0 aromatic rings. The van der Waals surface area contributed by atoms with Crippen molar-refractivity contribution in [3.05, 3.63) is 12.2 Å². The van der Waals surface area contributed by atoms with Gasteiger partial charge < -0.3 is 28.5 Å². The van der Waals surface area contributed by atoms with E-state index in [1.54, 1.807) is 48.7 Å². The molecule has 0 aromatic carbocycles. The van der Waals surface area contributed by atoms with Gasteiger partial charge in [-0.15, -0.1) is 5.06 Å². The Bertz CT molecular complexity index is 1190. The first kappa shape index (κ1) is 44.5. The number of ketones is 2. The summed E-state index contributed by atoms with van der Waals surface area (Å²) >= 11 is 3.18. The lowest BCUT2D eigenvalue weighted by atomic mass is 9.75. The lowest BCUT2D eigenvalue weighted by molar-refractivity contribution is -0.205. The van der Waals surface area contributed by atoms with Crippen molar-refractivity contribution < 1.29 is 66.9 Å². The van der Waals surface area contributed by atoms with E-state index >= 15 is 0 Å². The summed E-state index contributed by atoms with van der Waals surface area (Å²) in [4.78, 5) is 96.5. The van der Waals surface area contributed by atoms with Crippen LogP contribution in [0.15, 0.2) is 12.2 Å². The van der Waals surface area contributed by atoms with E-state index in [1.807, 2.05) is 0 Å². The summed E-state index contributed by atoms with van der Waals surface area (Å²) in [5.41, 5.74) is -1.85. The number of imide groups is 1. The lowest BCUT2D eigenvalue weighted by Gasteiger charge is -2.32. The van der Waals surface area contributed by atoms with Gasteiger partial charge in [0.25, 0.3) is 11.8 Å². The van der Waals surface area contributed by atoms with Crippen LogP contribution in [0.3, 0.4) is 0 Å². The lowest BCUT2D eigenvalue weighted by Crippen LogP contribution is -2.41. The largest absolute Gasteiger partial charge is 0.463 e. The van der Waals surface area contributed by atoms with Crippen molar-refractivity contribution in [3.8, 4) is 0 Å². The molecular weight excluding hydrogens is 702 g/mol. The highest BCUT2D eigenvalue weighted by atomic mass is 79.9. The number of carbonyl (C=O) groups is 8. The minimum atomic E-state index is -1.18. The highest BCUT2D eigenvalue weighted by Crippen LogP contribution is 2.36. The van der Waals surface area contributed by atoms with Crippen molar-refractivity contribution >= 4 is 63.2 Å². The molecule has 2 rings (SSSR count). The molecule has 15 nitrogen and oxygen atoms in total. The summed E-state index contributed by atoms with van der Waals surface area (Å²) in [6.45, 7) is 15.9. The van der Waals surface area contributed by atoms with E-state index in [0.29, 0.717) is 18.3 Å². The molecule has 1 aliphatic heterocycles. The van der Waals surface area contributed by atoms with Crippen molar-refractivity contribution in [2.45, 2.75) is 91.0 Å². The molecule has 1 saturated heterocycles. The van der Waals surface area contributed by atoms with Crippen LogP contribution in [0.25, 0.3) is 0 Å². The number of rotatable bonds is 14. The fourth-order valence-corrected chi connectivity index (χ4v) is 4.06. The fraction of sp³-hybridized carbons (Fsp3) is 0.688. The zero-order valence-corrected chi connectivity index (χ0v) is 30.8. The number of nitrogens with zero attached hydrogens (tertiary/aromatic N) is 1. The van der Waals surface area contributed by atoms with Gasteiger partial charge in [0.15, 0.2) is 11.6 Å². The van der Waals surface area contributed by atoms with Crippen LogP contribution in [-0.2, 0) is 66.9 Å². The molecule has 272 valence electrons. The summed E-state index contributed by atoms with van der Waals surface area (Å²) in [6, 6.07) is 0. The highest BCUT2D eigenvalue weighted by Gasteiger charge is 2.44. The van der Waals surface area contributed by atoms with Gasteiger partial charge in [-0.3, -0.25) is 28.8 Å². The second-order valence-electron chi connectivity index (χ2n) is 12.6. The highest BCUT2D eigenvalue weighted by molar-refractivity contribution is 9.10. The number of hydroxylamine groups is 2. The monoisotopic (exact) mass is 749 g/mol. The van der Waals surface area contributed by atoms with Crippen molar-refractivity contribution in [1.29, 1.82) is 0 Å².